The van der Waals surface area contributed by atoms with Gasteiger partial charge in [-0.05, 0) is 39.5 Å². The van der Waals surface area contributed by atoms with Crippen molar-refractivity contribution >= 4 is 27.3 Å². The van der Waals surface area contributed by atoms with Gasteiger partial charge in [0.15, 0.2) is 0 Å². The Morgan fingerprint density at radius 2 is 2.22 bits per heavy atom. The molecule has 0 unspecified atom stereocenters. The fourth-order valence-electron chi connectivity index (χ4n) is 1.43. The minimum absolute atomic E-state index is 0.306. The predicted octanol–water partition coefficient (Wildman–Crippen LogP) is 3.82. The number of hydrogen-bond donors (Lipinski definition) is 1. The van der Waals surface area contributed by atoms with Crippen LogP contribution in [0.1, 0.15) is 4.88 Å². The molecule has 0 aliphatic carbocycles. The molecule has 18 heavy (non-hydrogen) atoms. The summed E-state index contributed by atoms with van der Waals surface area (Å²) in [5.74, 6) is 0.243. The molecular weight excluding hydrogens is 317 g/mol. The zero-order valence-electron chi connectivity index (χ0n) is 9.66. The first-order chi connectivity index (χ1) is 8.75. The van der Waals surface area contributed by atoms with Gasteiger partial charge >= 0.3 is 0 Å². The first-order valence-electron chi connectivity index (χ1n) is 5.56. The Bertz CT molecular complexity index is 490. The Kier molecular flexibility index (Phi) is 5.16. The molecule has 1 heterocycles. The molecule has 0 atom stereocenters. The molecule has 0 radical (unpaired) electrons. The standard InChI is InChI=1S/C13H13BrFNOS/c14-12-4-3-10(8-13(12)15)17-6-5-16-9-11-2-1-7-18-11/h1-4,7-8,16H,5-6,9H2. The van der Waals surface area contributed by atoms with Crippen LogP contribution in [0.15, 0.2) is 40.2 Å². The summed E-state index contributed by atoms with van der Waals surface area (Å²) < 4.78 is 19.1. The summed E-state index contributed by atoms with van der Waals surface area (Å²) in [6, 6.07) is 8.88. The van der Waals surface area contributed by atoms with Gasteiger partial charge in [-0.2, -0.15) is 0 Å². The van der Waals surface area contributed by atoms with Crippen LogP contribution in [0.2, 0.25) is 0 Å². The summed E-state index contributed by atoms with van der Waals surface area (Å²) in [4.78, 5) is 1.30. The summed E-state index contributed by atoms with van der Waals surface area (Å²) in [5, 5.41) is 5.32. The quantitative estimate of drug-likeness (QED) is 0.813. The van der Waals surface area contributed by atoms with Crippen LogP contribution in [0.4, 0.5) is 4.39 Å². The summed E-state index contributed by atoms with van der Waals surface area (Å²) >= 11 is 4.83. The molecule has 0 spiro atoms. The highest BCUT2D eigenvalue weighted by atomic mass is 79.9. The van der Waals surface area contributed by atoms with Crippen LogP contribution in [0.5, 0.6) is 5.75 Å². The van der Waals surface area contributed by atoms with Crippen molar-refractivity contribution in [2.45, 2.75) is 6.54 Å². The van der Waals surface area contributed by atoms with Gasteiger partial charge in [0.2, 0.25) is 0 Å². The molecular formula is C13H13BrFNOS. The predicted molar refractivity (Wildman–Crippen MR) is 75.6 cm³/mol. The van der Waals surface area contributed by atoms with E-state index in [4.69, 9.17) is 4.74 Å². The van der Waals surface area contributed by atoms with Gasteiger partial charge in [0.05, 0.1) is 4.47 Å². The van der Waals surface area contributed by atoms with Crippen molar-refractivity contribution in [1.82, 2.24) is 5.32 Å². The van der Waals surface area contributed by atoms with E-state index in [0.717, 1.165) is 13.1 Å². The van der Waals surface area contributed by atoms with E-state index in [2.05, 4.69) is 32.7 Å². The number of halogens is 2. The highest BCUT2D eigenvalue weighted by molar-refractivity contribution is 9.10. The summed E-state index contributed by atoms with van der Waals surface area (Å²) in [6.07, 6.45) is 0. The topological polar surface area (TPSA) is 21.3 Å². The van der Waals surface area contributed by atoms with Crippen LogP contribution in [0.25, 0.3) is 0 Å². The molecule has 1 N–H and O–H groups in total. The number of hydrogen-bond acceptors (Lipinski definition) is 3. The smallest absolute Gasteiger partial charge is 0.141 e. The Balaban J connectivity index is 1.67. The number of rotatable bonds is 6. The molecule has 5 heteroatoms. The van der Waals surface area contributed by atoms with E-state index in [1.54, 1.807) is 23.5 Å². The highest BCUT2D eigenvalue weighted by Gasteiger charge is 2.01. The zero-order valence-corrected chi connectivity index (χ0v) is 12.1. The Morgan fingerprint density at radius 1 is 1.33 bits per heavy atom. The maximum atomic E-state index is 13.2. The summed E-state index contributed by atoms with van der Waals surface area (Å²) in [7, 11) is 0. The lowest BCUT2D eigenvalue weighted by Gasteiger charge is -2.07. The van der Waals surface area contributed by atoms with Crippen molar-refractivity contribution in [3.05, 3.63) is 50.9 Å². The molecule has 0 saturated carbocycles. The minimum atomic E-state index is -0.306. The summed E-state index contributed by atoms with van der Waals surface area (Å²) in [5.41, 5.74) is 0. The summed E-state index contributed by atoms with van der Waals surface area (Å²) in [6.45, 7) is 2.09. The average Bonchev–Trinajstić information content (AvgIpc) is 2.86. The third-order valence-corrected chi connectivity index (χ3v) is 3.84. The van der Waals surface area contributed by atoms with Crippen LogP contribution < -0.4 is 10.1 Å². The number of benzene rings is 1. The normalized spacial score (nSPS) is 10.6. The Morgan fingerprint density at radius 3 is 2.94 bits per heavy atom. The zero-order chi connectivity index (χ0) is 12.8. The van der Waals surface area contributed by atoms with Gasteiger partial charge < -0.3 is 10.1 Å². The largest absolute Gasteiger partial charge is 0.492 e. The van der Waals surface area contributed by atoms with Gasteiger partial charge in [-0.25, -0.2) is 4.39 Å². The van der Waals surface area contributed by atoms with Gasteiger partial charge in [0.25, 0.3) is 0 Å². The molecule has 96 valence electrons. The first kappa shape index (κ1) is 13.5. The molecule has 1 aromatic heterocycles. The molecule has 1 aromatic carbocycles. The van der Waals surface area contributed by atoms with Gasteiger partial charge in [-0.15, -0.1) is 11.3 Å². The average molecular weight is 330 g/mol. The second-order valence-corrected chi connectivity index (χ2v) is 5.57. The van der Waals surface area contributed by atoms with Crippen LogP contribution in [-0.2, 0) is 6.54 Å². The van der Waals surface area contributed by atoms with Crippen molar-refractivity contribution in [3.63, 3.8) is 0 Å². The number of nitrogens with one attached hydrogen (secondary N) is 1. The van der Waals surface area contributed by atoms with Gasteiger partial charge in [0, 0.05) is 24.0 Å². The highest BCUT2D eigenvalue weighted by Crippen LogP contribution is 2.20. The van der Waals surface area contributed by atoms with E-state index >= 15 is 0 Å². The van der Waals surface area contributed by atoms with Crippen molar-refractivity contribution < 1.29 is 9.13 Å². The van der Waals surface area contributed by atoms with E-state index in [9.17, 15) is 4.39 Å². The van der Waals surface area contributed by atoms with Crippen molar-refractivity contribution in [2.24, 2.45) is 0 Å². The fraction of sp³-hybridized carbons (Fsp3) is 0.231. The van der Waals surface area contributed by atoms with Crippen LogP contribution in [-0.4, -0.2) is 13.2 Å². The van der Waals surface area contributed by atoms with E-state index < -0.39 is 0 Å². The lowest BCUT2D eigenvalue weighted by molar-refractivity contribution is 0.312. The number of ether oxygens (including phenoxy) is 1. The van der Waals surface area contributed by atoms with E-state index in [1.165, 1.54) is 10.9 Å². The minimum Gasteiger partial charge on any atom is -0.492 e. The van der Waals surface area contributed by atoms with Gasteiger partial charge in [0.1, 0.15) is 18.2 Å². The van der Waals surface area contributed by atoms with E-state index in [-0.39, 0.29) is 5.82 Å². The fourth-order valence-corrected chi connectivity index (χ4v) is 2.35. The molecule has 0 aliphatic heterocycles. The molecule has 0 amide bonds. The van der Waals surface area contributed by atoms with Crippen LogP contribution in [0.3, 0.4) is 0 Å². The first-order valence-corrected chi connectivity index (χ1v) is 7.24. The molecule has 0 fully saturated rings. The Hall–Kier alpha value is -0.910. The lowest BCUT2D eigenvalue weighted by Crippen LogP contribution is -2.20. The van der Waals surface area contributed by atoms with Crippen molar-refractivity contribution in [3.8, 4) is 5.75 Å². The molecule has 0 aliphatic rings. The number of thiophene rings is 1. The third kappa shape index (κ3) is 4.08. The molecule has 2 aromatic rings. The second kappa shape index (κ2) is 6.87. The van der Waals surface area contributed by atoms with E-state index in [1.807, 2.05) is 6.07 Å². The maximum Gasteiger partial charge on any atom is 0.141 e. The second-order valence-electron chi connectivity index (χ2n) is 3.68. The van der Waals surface area contributed by atoms with E-state index in [0.29, 0.717) is 16.8 Å². The Labute approximate surface area is 118 Å². The monoisotopic (exact) mass is 329 g/mol. The third-order valence-electron chi connectivity index (χ3n) is 2.32. The molecule has 0 bridgehead atoms. The van der Waals surface area contributed by atoms with Gasteiger partial charge in [-0.1, -0.05) is 6.07 Å². The van der Waals surface area contributed by atoms with Crippen LogP contribution >= 0.6 is 27.3 Å². The van der Waals surface area contributed by atoms with Crippen molar-refractivity contribution in [1.29, 1.82) is 0 Å². The SMILES string of the molecule is Fc1cc(OCCNCc2cccs2)ccc1Br. The molecule has 2 rings (SSSR count). The van der Waals surface area contributed by atoms with Crippen LogP contribution in [0, 0.1) is 5.82 Å². The van der Waals surface area contributed by atoms with Gasteiger partial charge in [-0.3, -0.25) is 0 Å². The van der Waals surface area contributed by atoms with Crippen molar-refractivity contribution in [2.75, 3.05) is 13.2 Å². The molecule has 2 nitrogen and oxygen atoms in total. The maximum absolute atomic E-state index is 13.2. The lowest BCUT2D eigenvalue weighted by atomic mass is 10.3. The molecule has 0 saturated heterocycles.